The summed E-state index contributed by atoms with van der Waals surface area (Å²) in [5.74, 6) is -0.293. The highest BCUT2D eigenvalue weighted by Gasteiger charge is 2.25. The van der Waals surface area contributed by atoms with Crippen LogP contribution in [0.25, 0.3) is 10.9 Å². The molecule has 6 nitrogen and oxygen atoms in total. The molecule has 2 aromatic carbocycles. The fourth-order valence-electron chi connectivity index (χ4n) is 3.44. The zero-order chi connectivity index (χ0) is 19.6. The molecule has 1 saturated heterocycles. The fourth-order valence-corrected chi connectivity index (χ4v) is 4.96. The molecule has 0 radical (unpaired) electrons. The van der Waals surface area contributed by atoms with Crippen LogP contribution < -0.4 is 5.32 Å². The van der Waals surface area contributed by atoms with Gasteiger partial charge in [0.05, 0.1) is 16.1 Å². The van der Waals surface area contributed by atoms with Crippen LogP contribution in [0.3, 0.4) is 0 Å². The summed E-state index contributed by atoms with van der Waals surface area (Å²) >= 11 is 0. The zero-order valence-corrected chi connectivity index (χ0v) is 16.2. The number of carbonyl (C=O) groups excluding carboxylic acids is 1. The van der Waals surface area contributed by atoms with Crippen LogP contribution in [0.1, 0.15) is 29.6 Å². The van der Waals surface area contributed by atoms with Crippen LogP contribution in [0.2, 0.25) is 0 Å². The number of nitrogens with zero attached hydrogens (tertiary/aromatic N) is 2. The first-order valence-electron chi connectivity index (χ1n) is 9.31. The van der Waals surface area contributed by atoms with Gasteiger partial charge in [0.2, 0.25) is 10.0 Å². The van der Waals surface area contributed by atoms with Crippen molar-refractivity contribution in [3.05, 3.63) is 66.4 Å². The minimum atomic E-state index is -3.50. The van der Waals surface area contributed by atoms with Crippen LogP contribution in [-0.4, -0.2) is 36.7 Å². The quantitative estimate of drug-likeness (QED) is 0.731. The summed E-state index contributed by atoms with van der Waals surface area (Å²) in [7, 11) is -3.50. The summed E-state index contributed by atoms with van der Waals surface area (Å²) in [4.78, 5) is 17.1. The number of hydrogen-bond acceptors (Lipinski definition) is 4. The van der Waals surface area contributed by atoms with E-state index in [1.807, 2.05) is 30.3 Å². The lowest BCUT2D eigenvalue weighted by Crippen LogP contribution is -2.35. The molecule has 1 fully saturated rings. The predicted molar refractivity (Wildman–Crippen MR) is 109 cm³/mol. The minimum absolute atomic E-state index is 0.223. The van der Waals surface area contributed by atoms with Gasteiger partial charge in [-0.1, -0.05) is 12.5 Å². The number of aromatic nitrogens is 1. The van der Waals surface area contributed by atoms with Gasteiger partial charge in [0.1, 0.15) is 0 Å². The summed E-state index contributed by atoms with van der Waals surface area (Å²) in [6.45, 7) is 1.11. The average molecular weight is 395 g/mol. The van der Waals surface area contributed by atoms with Crippen LogP contribution in [0.5, 0.6) is 0 Å². The van der Waals surface area contributed by atoms with Gasteiger partial charge in [0.25, 0.3) is 5.91 Å². The van der Waals surface area contributed by atoms with E-state index in [9.17, 15) is 13.2 Å². The molecule has 7 heteroatoms. The maximum Gasteiger partial charge on any atom is 0.255 e. The molecule has 1 aliphatic heterocycles. The molecule has 0 aliphatic carbocycles. The average Bonchev–Trinajstić information content (AvgIpc) is 2.75. The molecule has 1 aromatic heterocycles. The van der Waals surface area contributed by atoms with Gasteiger partial charge in [-0.2, -0.15) is 4.31 Å². The van der Waals surface area contributed by atoms with E-state index in [2.05, 4.69) is 10.3 Å². The lowest BCUT2D eigenvalue weighted by atomic mass is 10.1. The maximum atomic E-state index is 12.7. The van der Waals surface area contributed by atoms with Crippen molar-refractivity contribution >= 4 is 32.5 Å². The number of hydrogen-bond donors (Lipinski definition) is 1. The molecule has 0 atom stereocenters. The van der Waals surface area contributed by atoms with E-state index in [1.165, 1.54) is 16.4 Å². The molecular weight excluding hydrogens is 374 g/mol. The zero-order valence-electron chi connectivity index (χ0n) is 15.3. The number of rotatable bonds is 4. The second kappa shape index (κ2) is 7.69. The molecule has 2 heterocycles. The van der Waals surface area contributed by atoms with Gasteiger partial charge >= 0.3 is 0 Å². The maximum absolute atomic E-state index is 12.7. The largest absolute Gasteiger partial charge is 0.321 e. The Morgan fingerprint density at radius 1 is 0.929 bits per heavy atom. The first kappa shape index (κ1) is 18.6. The van der Waals surface area contributed by atoms with E-state index in [0.717, 1.165) is 30.2 Å². The molecule has 3 aromatic rings. The lowest BCUT2D eigenvalue weighted by molar-refractivity contribution is 0.102. The van der Waals surface area contributed by atoms with E-state index in [0.29, 0.717) is 24.3 Å². The Balaban J connectivity index is 1.54. The van der Waals surface area contributed by atoms with Crippen molar-refractivity contribution in [1.29, 1.82) is 0 Å². The van der Waals surface area contributed by atoms with Gasteiger partial charge in [0, 0.05) is 30.2 Å². The Labute approximate surface area is 164 Å². The van der Waals surface area contributed by atoms with Gasteiger partial charge in [0.15, 0.2) is 0 Å². The summed E-state index contributed by atoms with van der Waals surface area (Å²) in [6.07, 6.45) is 4.55. The number of pyridine rings is 1. The summed E-state index contributed by atoms with van der Waals surface area (Å²) in [5.41, 5.74) is 1.86. The van der Waals surface area contributed by atoms with Crippen molar-refractivity contribution < 1.29 is 13.2 Å². The van der Waals surface area contributed by atoms with E-state index in [-0.39, 0.29) is 10.8 Å². The number of fused-ring (bicyclic) bond motifs is 1. The monoisotopic (exact) mass is 395 g/mol. The standard InChI is InChI=1S/C21H21N3O3S/c25-21(23-20-8-4-7-19-18(20)6-5-13-22-19)16-9-11-17(12-10-16)28(26,27)24-14-2-1-3-15-24/h4-13H,1-3,14-15H2,(H,23,25). The second-order valence-electron chi connectivity index (χ2n) is 6.82. The molecule has 28 heavy (non-hydrogen) atoms. The Morgan fingerprint density at radius 3 is 2.43 bits per heavy atom. The van der Waals surface area contributed by atoms with Crippen molar-refractivity contribution in [2.45, 2.75) is 24.2 Å². The third-order valence-electron chi connectivity index (χ3n) is 4.96. The van der Waals surface area contributed by atoms with Crippen molar-refractivity contribution in [1.82, 2.24) is 9.29 Å². The smallest absolute Gasteiger partial charge is 0.255 e. The second-order valence-corrected chi connectivity index (χ2v) is 8.76. The van der Waals surface area contributed by atoms with E-state index in [4.69, 9.17) is 0 Å². The Bertz CT molecular complexity index is 1100. The van der Waals surface area contributed by atoms with Crippen molar-refractivity contribution in [3.8, 4) is 0 Å². The minimum Gasteiger partial charge on any atom is -0.321 e. The molecule has 0 bridgehead atoms. The van der Waals surface area contributed by atoms with E-state index in [1.54, 1.807) is 18.3 Å². The van der Waals surface area contributed by atoms with Crippen LogP contribution in [0, 0.1) is 0 Å². The number of nitrogens with one attached hydrogen (secondary N) is 1. The van der Waals surface area contributed by atoms with E-state index >= 15 is 0 Å². The number of sulfonamides is 1. The van der Waals surface area contributed by atoms with Crippen LogP contribution in [-0.2, 0) is 10.0 Å². The van der Waals surface area contributed by atoms with Gasteiger partial charge in [-0.15, -0.1) is 0 Å². The highest BCUT2D eigenvalue weighted by molar-refractivity contribution is 7.89. The van der Waals surface area contributed by atoms with E-state index < -0.39 is 10.0 Å². The highest BCUT2D eigenvalue weighted by atomic mass is 32.2. The molecule has 4 rings (SSSR count). The predicted octanol–water partition coefficient (Wildman–Crippen LogP) is 3.66. The third-order valence-corrected chi connectivity index (χ3v) is 6.88. The number of anilines is 1. The topological polar surface area (TPSA) is 79.4 Å². The van der Waals surface area contributed by atoms with Crippen LogP contribution in [0.15, 0.2) is 65.7 Å². The highest BCUT2D eigenvalue weighted by Crippen LogP contribution is 2.23. The lowest BCUT2D eigenvalue weighted by Gasteiger charge is -2.25. The number of piperidine rings is 1. The number of carbonyl (C=O) groups is 1. The normalized spacial score (nSPS) is 15.4. The van der Waals surface area contributed by atoms with Crippen LogP contribution in [0.4, 0.5) is 5.69 Å². The molecular formula is C21H21N3O3S. The first-order valence-corrected chi connectivity index (χ1v) is 10.7. The number of benzene rings is 2. The third kappa shape index (κ3) is 3.63. The van der Waals surface area contributed by atoms with Crippen LogP contribution >= 0.6 is 0 Å². The first-order chi connectivity index (χ1) is 13.6. The van der Waals surface area contributed by atoms with Gasteiger partial charge in [-0.3, -0.25) is 9.78 Å². The van der Waals surface area contributed by atoms with Crippen molar-refractivity contribution in [2.75, 3.05) is 18.4 Å². The molecule has 1 N–H and O–H groups in total. The molecule has 0 spiro atoms. The summed E-state index contributed by atoms with van der Waals surface area (Å²) < 4.78 is 27.0. The van der Waals surface area contributed by atoms with Gasteiger partial charge in [-0.25, -0.2) is 8.42 Å². The molecule has 1 amide bonds. The molecule has 144 valence electrons. The molecule has 1 aliphatic rings. The number of amides is 1. The Morgan fingerprint density at radius 2 is 1.68 bits per heavy atom. The molecule has 0 unspecified atom stereocenters. The SMILES string of the molecule is O=C(Nc1cccc2ncccc12)c1ccc(S(=O)(=O)N2CCCCC2)cc1. The molecule has 0 saturated carbocycles. The summed E-state index contributed by atoms with van der Waals surface area (Å²) in [5, 5.41) is 3.73. The van der Waals surface area contributed by atoms with Crippen molar-refractivity contribution in [2.24, 2.45) is 0 Å². The fraction of sp³-hybridized carbons (Fsp3) is 0.238. The van der Waals surface area contributed by atoms with Gasteiger partial charge in [-0.05, 0) is 61.4 Å². The van der Waals surface area contributed by atoms with Crippen molar-refractivity contribution in [3.63, 3.8) is 0 Å². The summed E-state index contributed by atoms with van der Waals surface area (Å²) in [6, 6.07) is 15.4. The Kier molecular flexibility index (Phi) is 5.11. The van der Waals surface area contributed by atoms with Gasteiger partial charge < -0.3 is 5.32 Å². The Hall–Kier alpha value is -2.77.